The van der Waals surface area contributed by atoms with Gasteiger partial charge >= 0.3 is 12.1 Å². The zero-order chi connectivity index (χ0) is 25.8. The van der Waals surface area contributed by atoms with Crippen LogP contribution in [0.1, 0.15) is 28.3 Å². The van der Waals surface area contributed by atoms with Crippen LogP contribution in [0, 0.1) is 18.8 Å². The van der Waals surface area contributed by atoms with Gasteiger partial charge in [0.2, 0.25) is 11.8 Å². The average Bonchev–Trinajstić information content (AvgIpc) is 3.34. The second-order valence-electron chi connectivity index (χ2n) is 9.03. The number of aryl methyl sites for hydroxylation is 1. The Hall–Kier alpha value is -3.98. The third-order valence-electron chi connectivity index (χ3n) is 7.06. The van der Waals surface area contributed by atoms with Crippen LogP contribution in [0.2, 0.25) is 0 Å². The van der Waals surface area contributed by atoms with E-state index in [-0.39, 0.29) is 11.1 Å². The van der Waals surface area contributed by atoms with Crippen LogP contribution in [0.15, 0.2) is 78.9 Å². The molecular formula is C27H21F3N2O4. The Labute approximate surface area is 204 Å². The van der Waals surface area contributed by atoms with E-state index in [0.717, 1.165) is 17.0 Å². The molecule has 4 unspecified atom stereocenters. The third kappa shape index (κ3) is 3.42. The summed E-state index contributed by atoms with van der Waals surface area (Å²) in [5.41, 5.74) is -1.71. The molecule has 5 rings (SSSR count). The van der Waals surface area contributed by atoms with Gasteiger partial charge in [0.25, 0.3) is 0 Å². The van der Waals surface area contributed by atoms with Crippen molar-refractivity contribution in [2.75, 3.05) is 4.90 Å². The van der Waals surface area contributed by atoms with Gasteiger partial charge in [-0.3, -0.25) is 14.9 Å². The molecular weight excluding hydrogens is 473 g/mol. The number of aliphatic carboxylic acids is 1. The molecule has 2 amide bonds. The van der Waals surface area contributed by atoms with Crippen LogP contribution in [-0.4, -0.2) is 22.9 Å². The van der Waals surface area contributed by atoms with Crippen LogP contribution in [0.3, 0.4) is 0 Å². The number of carbonyl (C=O) groups is 3. The molecule has 9 heteroatoms. The minimum atomic E-state index is -4.64. The highest BCUT2D eigenvalue weighted by atomic mass is 19.4. The van der Waals surface area contributed by atoms with Crippen molar-refractivity contribution in [1.29, 1.82) is 0 Å². The van der Waals surface area contributed by atoms with Crippen LogP contribution < -0.4 is 10.2 Å². The van der Waals surface area contributed by atoms with E-state index in [9.17, 15) is 32.7 Å². The van der Waals surface area contributed by atoms with E-state index < -0.39 is 52.9 Å². The largest absolute Gasteiger partial charge is 0.480 e. The van der Waals surface area contributed by atoms with Gasteiger partial charge in [0.05, 0.1) is 23.1 Å². The van der Waals surface area contributed by atoms with Gasteiger partial charge in [0.1, 0.15) is 0 Å². The van der Waals surface area contributed by atoms with Gasteiger partial charge < -0.3 is 5.11 Å². The highest BCUT2D eigenvalue weighted by Crippen LogP contribution is 2.54. The van der Waals surface area contributed by atoms with Crippen LogP contribution in [0.4, 0.5) is 18.9 Å². The molecule has 0 radical (unpaired) electrons. The summed E-state index contributed by atoms with van der Waals surface area (Å²) >= 11 is 0. The summed E-state index contributed by atoms with van der Waals surface area (Å²) in [4.78, 5) is 41.6. The Morgan fingerprint density at radius 2 is 1.61 bits per heavy atom. The van der Waals surface area contributed by atoms with Crippen molar-refractivity contribution >= 4 is 23.5 Å². The number of carboxylic acid groups (broad SMARTS) is 1. The maximum absolute atomic E-state index is 13.9. The van der Waals surface area contributed by atoms with Gasteiger partial charge in [-0.1, -0.05) is 60.7 Å². The van der Waals surface area contributed by atoms with Crippen LogP contribution in [-0.2, 0) is 26.1 Å². The lowest BCUT2D eigenvalue weighted by atomic mass is 9.75. The summed E-state index contributed by atoms with van der Waals surface area (Å²) < 4.78 is 40.5. The van der Waals surface area contributed by atoms with E-state index in [1.54, 1.807) is 49.4 Å². The zero-order valence-corrected chi connectivity index (χ0v) is 19.0. The number of fused-ring (bicyclic) bond motifs is 1. The van der Waals surface area contributed by atoms with Crippen molar-refractivity contribution in [1.82, 2.24) is 5.32 Å². The fraction of sp³-hybridized carbons (Fsp3) is 0.222. The lowest BCUT2D eigenvalue weighted by Crippen LogP contribution is -2.53. The fourth-order valence-corrected chi connectivity index (χ4v) is 5.44. The first-order chi connectivity index (χ1) is 17.1. The van der Waals surface area contributed by atoms with Crippen LogP contribution in [0.5, 0.6) is 0 Å². The summed E-state index contributed by atoms with van der Waals surface area (Å²) in [5, 5.41) is 13.4. The van der Waals surface area contributed by atoms with E-state index in [4.69, 9.17) is 0 Å². The van der Waals surface area contributed by atoms with Crippen molar-refractivity contribution in [3.05, 3.63) is 101 Å². The van der Waals surface area contributed by atoms with Crippen molar-refractivity contribution in [2.24, 2.45) is 11.8 Å². The molecule has 2 saturated heterocycles. The monoisotopic (exact) mass is 494 g/mol. The normalized spacial score (nSPS) is 25.8. The van der Waals surface area contributed by atoms with Gasteiger partial charge in [0.15, 0.2) is 5.54 Å². The quantitative estimate of drug-likeness (QED) is 0.524. The first-order valence-corrected chi connectivity index (χ1v) is 11.2. The molecule has 2 N–H and O–H groups in total. The maximum Gasteiger partial charge on any atom is 0.416 e. The summed E-state index contributed by atoms with van der Waals surface area (Å²) in [6, 6.07) is 17.9. The number of alkyl halides is 3. The second-order valence-corrected chi connectivity index (χ2v) is 9.03. The summed E-state index contributed by atoms with van der Waals surface area (Å²) in [6.45, 7) is 1.72. The van der Waals surface area contributed by atoms with Gasteiger partial charge in [-0.15, -0.1) is 0 Å². The molecule has 0 saturated carbocycles. The molecule has 0 aromatic heterocycles. The highest BCUT2D eigenvalue weighted by Gasteiger charge is 2.69. The van der Waals surface area contributed by atoms with Gasteiger partial charge in [-0.05, 0) is 41.8 Å². The Balaban J connectivity index is 1.73. The number of hydrogen-bond acceptors (Lipinski definition) is 4. The summed E-state index contributed by atoms with van der Waals surface area (Å²) in [7, 11) is 0. The van der Waals surface area contributed by atoms with Gasteiger partial charge in [-0.25, -0.2) is 9.69 Å². The molecule has 0 bridgehead atoms. The minimum Gasteiger partial charge on any atom is -0.480 e. The SMILES string of the molecule is Cc1ccccc1N1C(=O)C2C(c3cccc(C(F)(F)F)c3)NC(C(=O)O)(c3ccccc3)C2C1=O. The molecule has 0 spiro atoms. The molecule has 2 fully saturated rings. The number of nitrogens with one attached hydrogen (secondary N) is 1. The number of benzene rings is 3. The number of halogens is 3. The Bertz CT molecular complexity index is 1370. The van der Waals surface area contributed by atoms with Gasteiger partial charge in [-0.2, -0.15) is 13.2 Å². The number of rotatable bonds is 4. The fourth-order valence-electron chi connectivity index (χ4n) is 5.44. The molecule has 2 aliphatic rings. The number of carbonyl (C=O) groups excluding carboxylic acids is 2. The Kier molecular flexibility index (Phi) is 5.48. The van der Waals surface area contributed by atoms with Gasteiger partial charge in [0, 0.05) is 6.04 Å². The van der Waals surface area contributed by atoms with E-state index in [0.29, 0.717) is 11.3 Å². The molecule has 2 heterocycles. The lowest BCUT2D eigenvalue weighted by molar-refractivity contribution is -0.149. The maximum atomic E-state index is 13.9. The minimum absolute atomic E-state index is 0.0756. The average molecular weight is 494 g/mol. The third-order valence-corrected chi connectivity index (χ3v) is 7.06. The van der Waals surface area contributed by atoms with E-state index in [2.05, 4.69) is 5.32 Å². The zero-order valence-electron chi connectivity index (χ0n) is 19.0. The summed E-state index contributed by atoms with van der Waals surface area (Å²) in [6.07, 6.45) is -4.64. The standard InChI is InChI=1S/C27H21F3N2O4/c1-15-8-5-6-13-19(15)32-23(33)20-21(24(32)34)26(25(35)36,17-10-3-2-4-11-17)31-22(20)16-9-7-12-18(14-16)27(28,29)30/h2-14,20-22,31H,1H3,(H,35,36). The number of carboxylic acids is 1. The number of amides is 2. The number of hydrogen-bond donors (Lipinski definition) is 2. The number of para-hydroxylation sites is 1. The molecule has 2 aliphatic heterocycles. The van der Waals surface area contributed by atoms with E-state index in [1.807, 2.05) is 0 Å². The number of nitrogens with zero attached hydrogens (tertiary/aromatic N) is 1. The molecule has 6 nitrogen and oxygen atoms in total. The van der Waals surface area contributed by atoms with Crippen molar-refractivity contribution in [3.8, 4) is 0 Å². The first kappa shape index (κ1) is 23.7. The Morgan fingerprint density at radius 3 is 2.25 bits per heavy atom. The lowest BCUT2D eigenvalue weighted by Gasteiger charge is -2.32. The van der Waals surface area contributed by atoms with Crippen molar-refractivity contribution in [3.63, 3.8) is 0 Å². The smallest absolute Gasteiger partial charge is 0.416 e. The molecule has 3 aromatic carbocycles. The van der Waals surface area contributed by atoms with Crippen molar-refractivity contribution < 1.29 is 32.7 Å². The Morgan fingerprint density at radius 1 is 0.944 bits per heavy atom. The second kappa shape index (κ2) is 8.30. The van der Waals surface area contributed by atoms with Crippen molar-refractivity contribution in [2.45, 2.75) is 24.7 Å². The molecule has 0 aliphatic carbocycles. The topological polar surface area (TPSA) is 86.7 Å². The number of anilines is 1. The summed E-state index contributed by atoms with van der Waals surface area (Å²) in [5.74, 6) is -5.40. The van der Waals surface area contributed by atoms with E-state index >= 15 is 0 Å². The molecule has 36 heavy (non-hydrogen) atoms. The molecule has 4 atom stereocenters. The van der Waals surface area contributed by atoms with Crippen LogP contribution >= 0.6 is 0 Å². The predicted octanol–water partition coefficient (Wildman–Crippen LogP) is 4.44. The predicted molar refractivity (Wildman–Crippen MR) is 124 cm³/mol. The molecule has 3 aromatic rings. The van der Waals surface area contributed by atoms with Crippen LogP contribution in [0.25, 0.3) is 0 Å². The number of imide groups is 1. The van der Waals surface area contributed by atoms with E-state index in [1.165, 1.54) is 24.3 Å². The first-order valence-electron chi connectivity index (χ1n) is 11.2. The highest BCUT2D eigenvalue weighted by molar-refractivity contribution is 6.24. The molecule has 184 valence electrons.